The molecule has 0 N–H and O–H groups in total. The first-order valence-corrected chi connectivity index (χ1v) is 4.70. The second kappa shape index (κ2) is 5.19. The minimum Gasteiger partial charge on any atom is -0.468 e. The summed E-state index contributed by atoms with van der Waals surface area (Å²) in [7, 11) is 3.55. The largest absolute Gasteiger partial charge is 0.468 e. The maximum Gasteiger partial charge on any atom is 0.319 e. The van der Waals surface area contributed by atoms with Gasteiger partial charge in [-0.05, 0) is 20.0 Å². The molecule has 0 radical (unpaired) electrons. The fourth-order valence-electron chi connectivity index (χ4n) is 1.51. The molecule has 0 saturated carbocycles. The smallest absolute Gasteiger partial charge is 0.319 e. The highest BCUT2D eigenvalue weighted by Crippen LogP contribution is 2.00. The van der Waals surface area contributed by atoms with Crippen LogP contribution in [0.25, 0.3) is 0 Å². The van der Waals surface area contributed by atoms with Crippen LogP contribution < -0.4 is 0 Å². The van der Waals surface area contributed by atoms with Crippen LogP contribution in [0.2, 0.25) is 0 Å². The van der Waals surface area contributed by atoms with Crippen LogP contribution in [-0.4, -0.2) is 62.7 Å². The molecule has 76 valence electrons. The third kappa shape index (κ3) is 3.74. The lowest BCUT2D eigenvalue weighted by Crippen LogP contribution is -2.33. The van der Waals surface area contributed by atoms with Crippen LogP contribution in [0, 0.1) is 0 Å². The Bertz CT molecular complexity index is 173. The molecule has 0 amide bonds. The Morgan fingerprint density at radius 3 is 2.77 bits per heavy atom. The van der Waals surface area contributed by atoms with Crippen molar-refractivity contribution in [2.24, 2.45) is 0 Å². The SMILES string of the molecule is COC(=O)CN1CCCN(C)CC1. The van der Waals surface area contributed by atoms with Crippen molar-refractivity contribution in [1.82, 2.24) is 9.80 Å². The first-order valence-electron chi connectivity index (χ1n) is 4.70. The molecular weight excluding hydrogens is 168 g/mol. The summed E-state index contributed by atoms with van der Waals surface area (Å²) in [4.78, 5) is 15.4. The number of carbonyl (C=O) groups is 1. The van der Waals surface area contributed by atoms with E-state index in [-0.39, 0.29) is 5.97 Å². The summed E-state index contributed by atoms with van der Waals surface area (Å²) in [6.07, 6.45) is 1.13. The van der Waals surface area contributed by atoms with Crippen LogP contribution >= 0.6 is 0 Å². The Morgan fingerprint density at radius 1 is 1.31 bits per heavy atom. The number of nitrogens with zero attached hydrogens (tertiary/aromatic N) is 2. The lowest BCUT2D eigenvalue weighted by Gasteiger charge is -2.18. The normalized spacial score (nSPS) is 21.1. The molecule has 4 heteroatoms. The molecule has 1 heterocycles. The molecule has 0 aromatic heterocycles. The van der Waals surface area contributed by atoms with Crippen LogP contribution in [-0.2, 0) is 9.53 Å². The molecule has 0 aromatic rings. The van der Waals surface area contributed by atoms with E-state index in [2.05, 4.69) is 21.6 Å². The average molecular weight is 186 g/mol. The van der Waals surface area contributed by atoms with Gasteiger partial charge in [0.15, 0.2) is 0 Å². The van der Waals surface area contributed by atoms with Crippen LogP contribution in [0.3, 0.4) is 0 Å². The number of likely N-dealkylation sites (N-methyl/N-ethyl adjacent to an activating group) is 1. The number of carbonyl (C=O) groups excluding carboxylic acids is 1. The van der Waals surface area contributed by atoms with Gasteiger partial charge in [0, 0.05) is 19.6 Å². The Labute approximate surface area is 79.4 Å². The molecule has 0 spiro atoms. The molecule has 1 rings (SSSR count). The molecule has 1 saturated heterocycles. The summed E-state index contributed by atoms with van der Waals surface area (Å²) < 4.78 is 4.63. The van der Waals surface area contributed by atoms with E-state index in [0.29, 0.717) is 6.54 Å². The molecular formula is C9H18N2O2. The number of ether oxygens (including phenoxy) is 1. The van der Waals surface area contributed by atoms with Crippen LogP contribution in [0.4, 0.5) is 0 Å². The molecule has 4 nitrogen and oxygen atoms in total. The first-order chi connectivity index (χ1) is 6.22. The van der Waals surface area contributed by atoms with Gasteiger partial charge >= 0.3 is 5.97 Å². The van der Waals surface area contributed by atoms with Gasteiger partial charge in [-0.3, -0.25) is 9.69 Å². The van der Waals surface area contributed by atoms with Crippen LogP contribution in [0.15, 0.2) is 0 Å². The highest BCUT2D eigenvalue weighted by atomic mass is 16.5. The minimum absolute atomic E-state index is 0.135. The highest BCUT2D eigenvalue weighted by molar-refractivity contribution is 5.71. The van der Waals surface area contributed by atoms with Gasteiger partial charge in [0.05, 0.1) is 13.7 Å². The van der Waals surface area contributed by atoms with E-state index in [1.807, 2.05) is 0 Å². The van der Waals surface area contributed by atoms with Crippen LogP contribution in [0.5, 0.6) is 0 Å². The number of hydrogen-bond acceptors (Lipinski definition) is 4. The zero-order valence-electron chi connectivity index (χ0n) is 8.45. The van der Waals surface area contributed by atoms with Crippen LogP contribution in [0.1, 0.15) is 6.42 Å². The summed E-state index contributed by atoms with van der Waals surface area (Å²) in [5, 5.41) is 0. The quantitative estimate of drug-likeness (QED) is 0.559. The molecule has 0 aromatic carbocycles. The van der Waals surface area contributed by atoms with Gasteiger partial charge in [-0.1, -0.05) is 0 Å². The topological polar surface area (TPSA) is 32.8 Å². The Kier molecular flexibility index (Phi) is 4.18. The van der Waals surface area contributed by atoms with Crippen molar-refractivity contribution in [3.8, 4) is 0 Å². The third-order valence-electron chi connectivity index (χ3n) is 2.39. The Morgan fingerprint density at radius 2 is 2.08 bits per heavy atom. The van der Waals surface area contributed by atoms with Crippen molar-refractivity contribution in [2.45, 2.75) is 6.42 Å². The first kappa shape index (κ1) is 10.5. The monoisotopic (exact) mass is 186 g/mol. The van der Waals surface area contributed by atoms with Gasteiger partial charge in [0.25, 0.3) is 0 Å². The van der Waals surface area contributed by atoms with Gasteiger partial charge in [0.1, 0.15) is 0 Å². The summed E-state index contributed by atoms with van der Waals surface area (Å²) in [5.74, 6) is -0.135. The van der Waals surface area contributed by atoms with E-state index in [1.54, 1.807) is 0 Å². The zero-order chi connectivity index (χ0) is 9.68. The fraction of sp³-hybridized carbons (Fsp3) is 0.889. The predicted molar refractivity (Wildman–Crippen MR) is 50.6 cm³/mol. The van der Waals surface area contributed by atoms with Crippen molar-refractivity contribution in [2.75, 3.05) is 46.9 Å². The summed E-state index contributed by atoms with van der Waals surface area (Å²) >= 11 is 0. The van der Waals surface area contributed by atoms with Crippen molar-refractivity contribution >= 4 is 5.97 Å². The Balaban J connectivity index is 2.29. The number of rotatable bonds is 2. The standard InChI is InChI=1S/C9H18N2O2/c1-10-4-3-5-11(7-6-10)8-9(12)13-2/h3-8H2,1-2H3. The second-order valence-electron chi connectivity index (χ2n) is 3.51. The van der Waals surface area contributed by atoms with Crippen molar-refractivity contribution in [3.63, 3.8) is 0 Å². The van der Waals surface area contributed by atoms with Gasteiger partial charge in [-0.15, -0.1) is 0 Å². The Hall–Kier alpha value is -0.610. The number of esters is 1. The summed E-state index contributed by atoms with van der Waals surface area (Å²) in [6, 6.07) is 0. The van der Waals surface area contributed by atoms with Crippen molar-refractivity contribution in [1.29, 1.82) is 0 Å². The molecule has 13 heavy (non-hydrogen) atoms. The lowest BCUT2D eigenvalue weighted by molar-refractivity contribution is -0.141. The molecule has 0 bridgehead atoms. The van der Waals surface area contributed by atoms with Gasteiger partial charge in [0.2, 0.25) is 0 Å². The van der Waals surface area contributed by atoms with Gasteiger partial charge in [-0.2, -0.15) is 0 Å². The maximum absolute atomic E-state index is 11.0. The fourth-order valence-corrected chi connectivity index (χ4v) is 1.51. The van der Waals surface area contributed by atoms with Crippen molar-refractivity contribution in [3.05, 3.63) is 0 Å². The predicted octanol–water partition coefficient (Wildman–Crippen LogP) is -0.203. The molecule has 0 unspecified atom stereocenters. The molecule has 1 fully saturated rings. The molecule has 1 aliphatic rings. The van der Waals surface area contributed by atoms with Gasteiger partial charge in [-0.25, -0.2) is 0 Å². The molecule has 0 atom stereocenters. The van der Waals surface area contributed by atoms with E-state index in [4.69, 9.17) is 0 Å². The zero-order valence-corrected chi connectivity index (χ0v) is 8.45. The third-order valence-corrected chi connectivity index (χ3v) is 2.39. The lowest BCUT2D eigenvalue weighted by atomic mass is 10.4. The number of hydrogen-bond donors (Lipinski definition) is 0. The maximum atomic E-state index is 11.0. The number of methoxy groups -OCH3 is 1. The highest BCUT2D eigenvalue weighted by Gasteiger charge is 2.14. The van der Waals surface area contributed by atoms with E-state index in [0.717, 1.165) is 32.6 Å². The summed E-state index contributed by atoms with van der Waals surface area (Å²) in [6.45, 7) is 4.56. The molecule has 1 aliphatic heterocycles. The van der Waals surface area contributed by atoms with Crippen molar-refractivity contribution < 1.29 is 9.53 Å². The van der Waals surface area contributed by atoms with E-state index in [1.165, 1.54) is 7.11 Å². The van der Waals surface area contributed by atoms with E-state index >= 15 is 0 Å². The summed E-state index contributed by atoms with van der Waals surface area (Å²) in [5.41, 5.74) is 0. The minimum atomic E-state index is -0.135. The molecule has 0 aliphatic carbocycles. The second-order valence-corrected chi connectivity index (χ2v) is 3.51. The van der Waals surface area contributed by atoms with E-state index in [9.17, 15) is 4.79 Å². The average Bonchev–Trinajstić information content (AvgIpc) is 2.31. The van der Waals surface area contributed by atoms with Gasteiger partial charge < -0.3 is 9.64 Å². The van der Waals surface area contributed by atoms with E-state index < -0.39 is 0 Å².